The highest BCUT2D eigenvalue weighted by Crippen LogP contribution is 2.36. The molecule has 0 aliphatic heterocycles. The van der Waals surface area contributed by atoms with E-state index in [4.69, 9.17) is 27.6 Å². The smallest absolute Gasteiger partial charge is 0.387 e. The van der Waals surface area contributed by atoms with Crippen LogP contribution in [0.1, 0.15) is 5.56 Å². The Balaban J connectivity index is 2.14. The summed E-state index contributed by atoms with van der Waals surface area (Å²) in [5.74, 6) is -1.39. The summed E-state index contributed by atoms with van der Waals surface area (Å²) in [5, 5.41) is 4.26. The molecule has 0 spiro atoms. The molecule has 0 radical (unpaired) electrons. The number of rotatable bonds is 2. The van der Waals surface area contributed by atoms with Crippen molar-refractivity contribution in [2.24, 2.45) is 0 Å². The highest BCUT2D eigenvalue weighted by molar-refractivity contribution is 6.42. The second-order valence-corrected chi connectivity index (χ2v) is 5.54. The first-order valence-corrected chi connectivity index (χ1v) is 7.25. The van der Waals surface area contributed by atoms with Gasteiger partial charge in [0.1, 0.15) is 0 Å². The molecule has 1 heterocycles. The molecule has 2 aromatic carbocycles. The fourth-order valence-corrected chi connectivity index (χ4v) is 2.38. The molecule has 9 heteroatoms. The lowest BCUT2D eigenvalue weighted by Crippen LogP contribution is -2.13. The Bertz CT molecular complexity index is 964. The first-order valence-electron chi connectivity index (χ1n) is 6.49. The van der Waals surface area contributed by atoms with Gasteiger partial charge in [0.25, 0.3) is 0 Å². The monoisotopic (exact) mass is 374 g/mol. The van der Waals surface area contributed by atoms with Crippen LogP contribution in [0.4, 0.5) is 13.2 Å². The standard InChI is InChI=1S/C15H7Cl2F3N2O2/c16-11-6-5-8(7-12(11)17)22-14(23)24-13(21-22)9-3-1-2-4-10(9)15(18,19)20/h1-7H. The molecule has 3 rings (SSSR count). The zero-order valence-corrected chi connectivity index (χ0v) is 13.2. The number of alkyl halides is 3. The van der Waals surface area contributed by atoms with E-state index in [2.05, 4.69) is 5.10 Å². The van der Waals surface area contributed by atoms with Gasteiger partial charge in [-0.2, -0.15) is 17.9 Å². The highest BCUT2D eigenvalue weighted by Gasteiger charge is 2.34. The van der Waals surface area contributed by atoms with E-state index in [0.717, 1.165) is 10.7 Å². The first kappa shape index (κ1) is 16.6. The minimum absolute atomic E-state index is 0.168. The predicted octanol–water partition coefficient (Wildman–Crippen LogP) is 4.82. The van der Waals surface area contributed by atoms with Gasteiger partial charge in [0, 0.05) is 0 Å². The summed E-state index contributed by atoms with van der Waals surface area (Å²) < 4.78 is 44.9. The predicted molar refractivity (Wildman–Crippen MR) is 82.6 cm³/mol. The molecule has 4 nitrogen and oxygen atoms in total. The largest absolute Gasteiger partial charge is 0.442 e. The van der Waals surface area contributed by atoms with Gasteiger partial charge < -0.3 is 4.42 Å². The van der Waals surface area contributed by atoms with Gasteiger partial charge in [-0.15, -0.1) is 5.10 Å². The van der Waals surface area contributed by atoms with Crippen LogP contribution in [0.25, 0.3) is 17.1 Å². The lowest BCUT2D eigenvalue weighted by Gasteiger charge is -2.09. The van der Waals surface area contributed by atoms with Crippen LogP contribution in [0, 0.1) is 0 Å². The minimum atomic E-state index is -4.61. The number of hydrogen-bond donors (Lipinski definition) is 0. The Labute approximate surface area is 143 Å². The summed E-state index contributed by atoms with van der Waals surface area (Å²) in [6, 6.07) is 8.92. The average Bonchev–Trinajstić information content (AvgIpc) is 2.91. The molecular formula is C15H7Cl2F3N2O2. The van der Waals surface area contributed by atoms with E-state index in [9.17, 15) is 18.0 Å². The van der Waals surface area contributed by atoms with Gasteiger partial charge >= 0.3 is 11.9 Å². The fraction of sp³-hybridized carbons (Fsp3) is 0.0667. The van der Waals surface area contributed by atoms with E-state index < -0.39 is 23.4 Å². The zero-order valence-electron chi connectivity index (χ0n) is 11.6. The van der Waals surface area contributed by atoms with E-state index in [0.29, 0.717) is 0 Å². The maximum absolute atomic E-state index is 13.1. The van der Waals surface area contributed by atoms with E-state index >= 15 is 0 Å². The molecule has 0 amide bonds. The second-order valence-electron chi connectivity index (χ2n) is 4.73. The molecule has 0 aliphatic rings. The van der Waals surface area contributed by atoms with E-state index in [-0.39, 0.29) is 21.3 Å². The molecule has 0 saturated heterocycles. The zero-order chi connectivity index (χ0) is 17.5. The molecule has 0 fully saturated rings. The average molecular weight is 375 g/mol. The van der Waals surface area contributed by atoms with Gasteiger partial charge in [0.05, 0.1) is 26.9 Å². The molecule has 0 bridgehead atoms. The van der Waals surface area contributed by atoms with Crippen LogP contribution in [-0.4, -0.2) is 9.78 Å². The maximum atomic E-state index is 13.1. The Kier molecular flexibility index (Phi) is 4.15. The lowest BCUT2D eigenvalue weighted by atomic mass is 10.1. The summed E-state index contributed by atoms with van der Waals surface area (Å²) in [7, 11) is 0. The molecule has 0 saturated carbocycles. The molecule has 24 heavy (non-hydrogen) atoms. The summed E-state index contributed by atoms with van der Waals surface area (Å²) in [6.45, 7) is 0. The van der Waals surface area contributed by atoms with Crippen LogP contribution in [0.2, 0.25) is 10.0 Å². The third kappa shape index (κ3) is 3.05. The summed E-state index contributed by atoms with van der Waals surface area (Å²) in [4.78, 5) is 11.9. The SMILES string of the molecule is O=c1oc(-c2ccccc2C(F)(F)F)nn1-c1ccc(Cl)c(Cl)c1. The molecule has 0 aliphatic carbocycles. The highest BCUT2D eigenvalue weighted by atomic mass is 35.5. The van der Waals surface area contributed by atoms with Gasteiger partial charge in [-0.1, -0.05) is 35.3 Å². The number of benzene rings is 2. The Morgan fingerprint density at radius 3 is 2.42 bits per heavy atom. The van der Waals surface area contributed by atoms with Crippen LogP contribution >= 0.6 is 23.2 Å². The number of nitrogens with zero attached hydrogens (tertiary/aromatic N) is 2. The van der Waals surface area contributed by atoms with Crippen LogP contribution in [-0.2, 0) is 6.18 Å². The number of aromatic nitrogens is 2. The second kappa shape index (κ2) is 5.99. The van der Waals surface area contributed by atoms with Gasteiger partial charge in [-0.25, -0.2) is 4.79 Å². The summed E-state index contributed by atoms with van der Waals surface area (Å²) in [6.07, 6.45) is -4.61. The molecular weight excluding hydrogens is 368 g/mol. The summed E-state index contributed by atoms with van der Waals surface area (Å²) >= 11 is 11.7. The van der Waals surface area contributed by atoms with Crippen molar-refractivity contribution in [1.82, 2.24) is 9.78 Å². The van der Waals surface area contributed by atoms with E-state index in [1.807, 2.05) is 0 Å². The van der Waals surface area contributed by atoms with Crippen LogP contribution in [0.15, 0.2) is 51.7 Å². The van der Waals surface area contributed by atoms with Crippen LogP contribution in [0.5, 0.6) is 0 Å². The van der Waals surface area contributed by atoms with Gasteiger partial charge in [0.2, 0.25) is 5.89 Å². The van der Waals surface area contributed by atoms with Crippen molar-refractivity contribution >= 4 is 23.2 Å². The van der Waals surface area contributed by atoms with Gasteiger partial charge in [-0.3, -0.25) is 0 Å². The van der Waals surface area contributed by atoms with E-state index in [1.165, 1.54) is 36.4 Å². The molecule has 124 valence electrons. The van der Waals surface area contributed by atoms with Crippen molar-refractivity contribution < 1.29 is 17.6 Å². The topological polar surface area (TPSA) is 48.0 Å². The van der Waals surface area contributed by atoms with Crippen molar-refractivity contribution in [3.8, 4) is 17.1 Å². The van der Waals surface area contributed by atoms with Crippen molar-refractivity contribution in [2.75, 3.05) is 0 Å². The maximum Gasteiger partial charge on any atom is 0.442 e. The first-order chi connectivity index (χ1) is 11.3. The van der Waals surface area contributed by atoms with Crippen molar-refractivity contribution in [3.05, 3.63) is 68.6 Å². The Morgan fingerprint density at radius 2 is 1.75 bits per heavy atom. The fourth-order valence-electron chi connectivity index (χ4n) is 2.08. The molecule has 0 unspecified atom stereocenters. The quantitative estimate of drug-likeness (QED) is 0.646. The Hall–Kier alpha value is -2.25. The van der Waals surface area contributed by atoms with Crippen LogP contribution < -0.4 is 5.76 Å². The molecule has 0 atom stereocenters. The van der Waals surface area contributed by atoms with Crippen molar-refractivity contribution in [1.29, 1.82) is 0 Å². The van der Waals surface area contributed by atoms with Gasteiger partial charge in [-0.05, 0) is 30.3 Å². The van der Waals surface area contributed by atoms with Gasteiger partial charge in [0.15, 0.2) is 0 Å². The third-order valence-corrected chi connectivity index (χ3v) is 3.90. The normalized spacial score (nSPS) is 11.7. The third-order valence-electron chi connectivity index (χ3n) is 3.16. The summed E-state index contributed by atoms with van der Waals surface area (Å²) in [5.41, 5.74) is -1.07. The molecule has 3 aromatic rings. The lowest BCUT2D eigenvalue weighted by molar-refractivity contribution is -0.137. The number of hydrogen-bond acceptors (Lipinski definition) is 3. The molecule has 0 N–H and O–H groups in total. The van der Waals surface area contributed by atoms with Crippen LogP contribution in [0.3, 0.4) is 0 Å². The van der Waals surface area contributed by atoms with Crippen molar-refractivity contribution in [2.45, 2.75) is 6.18 Å². The Morgan fingerprint density at radius 1 is 1.04 bits per heavy atom. The minimum Gasteiger partial charge on any atom is -0.387 e. The number of halogens is 5. The van der Waals surface area contributed by atoms with Crippen molar-refractivity contribution in [3.63, 3.8) is 0 Å². The van der Waals surface area contributed by atoms with E-state index in [1.54, 1.807) is 0 Å². The molecule has 1 aromatic heterocycles.